The minimum Gasteiger partial charge on any atom is -0.310 e. The van der Waals surface area contributed by atoms with Gasteiger partial charge < -0.3 is 5.32 Å². The molecule has 0 saturated heterocycles. The molecule has 1 unspecified atom stereocenters. The molecule has 3 rings (SSSR count). The Labute approximate surface area is 123 Å². The van der Waals surface area contributed by atoms with Crippen LogP contribution in [0.1, 0.15) is 23.6 Å². The standard InChI is InChI=1S/C17H18FNS/c18-15-7-3-1-5-13(15)9-11-19-16-10-12-20-17-8-4-2-6-14(16)17/h1-8,16,19H,9-12H2. The van der Waals surface area contributed by atoms with Crippen LogP contribution in [0.3, 0.4) is 0 Å². The van der Waals surface area contributed by atoms with Crippen LogP contribution in [0.5, 0.6) is 0 Å². The maximum absolute atomic E-state index is 13.6. The molecule has 0 aromatic heterocycles. The second-order valence-electron chi connectivity index (χ2n) is 5.02. The van der Waals surface area contributed by atoms with Gasteiger partial charge in [-0.15, -0.1) is 11.8 Å². The zero-order valence-electron chi connectivity index (χ0n) is 11.3. The minimum absolute atomic E-state index is 0.103. The molecule has 0 spiro atoms. The third kappa shape index (κ3) is 3.05. The van der Waals surface area contributed by atoms with E-state index < -0.39 is 0 Å². The Morgan fingerprint density at radius 3 is 2.80 bits per heavy atom. The van der Waals surface area contributed by atoms with Gasteiger partial charge in [-0.3, -0.25) is 0 Å². The van der Waals surface area contributed by atoms with Crippen molar-refractivity contribution >= 4 is 11.8 Å². The summed E-state index contributed by atoms with van der Waals surface area (Å²) in [5, 5.41) is 3.57. The van der Waals surface area contributed by atoms with E-state index in [9.17, 15) is 4.39 Å². The van der Waals surface area contributed by atoms with Crippen molar-refractivity contribution in [2.24, 2.45) is 0 Å². The normalized spacial score (nSPS) is 17.8. The molecule has 0 saturated carbocycles. The van der Waals surface area contributed by atoms with Crippen molar-refractivity contribution in [3.8, 4) is 0 Å². The molecule has 2 aromatic rings. The predicted octanol–water partition coefficient (Wildman–Crippen LogP) is 4.19. The Hall–Kier alpha value is -1.32. The van der Waals surface area contributed by atoms with E-state index in [4.69, 9.17) is 0 Å². The Morgan fingerprint density at radius 2 is 1.90 bits per heavy atom. The number of hydrogen-bond acceptors (Lipinski definition) is 2. The predicted molar refractivity (Wildman–Crippen MR) is 82.6 cm³/mol. The van der Waals surface area contributed by atoms with E-state index in [1.807, 2.05) is 23.9 Å². The van der Waals surface area contributed by atoms with Crippen LogP contribution in [0.2, 0.25) is 0 Å². The molecule has 1 N–H and O–H groups in total. The molecule has 1 atom stereocenters. The lowest BCUT2D eigenvalue weighted by Crippen LogP contribution is -2.26. The van der Waals surface area contributed by atoms with Gasteiger partial charge in [-0.2, -0.15) is 0 Å². The summed E-state index contributed by atoms with van der Waals surface area (Å²) in [6, 6.07) is 16.0. The molecule has 2 aromatic carbocycles. The Bertz CT molecular complexity index is 585. The van der Waals surface area contributed by atoms with E-state index in [1.54, 1.807) is 6.07 Å². The SMILES string of the molecule is Fc1ccccc1CCNC1CCSc2ccccc21. The van der Waals surface area contributed by atoms with E-state index >= 15 is 0 Å². The first-order valence-electron chi connectivity index (χ1n) is 7.03. The van der Waals surface area contributed by atoms with Crippen LogP contribution in [0.15, 0.2) is 53.4 Å². The van der Waals surface area contributed by atoms with Crippen molar-refractivity contribution in [3.63, 3.8) is 0 Å². The molecular weight excluding hydrogens is 269 g/mol. The lowest BCUT2D eigenvalue weighted by molar-refractivity contribution is 0.508. The third-order valence-electron chi connectivity index (χ3n) is 3.70. The Kier molecular flexibility index (Phi) is 4.38. The minimum atomic E-state index is -0.103. The monoisotopic (exact) mass is 287 g/mol. The van der Waals surface area contributed by atoms with Crippen LogP contribution in [0.4, 0.5) is 4.39 Å². The smallest absolute Gasteiger partial charge is 0.126 e. The zero-order valence-corrected chi connectivity index (χ0v) is 12.1. The van der Waals surface area contributed by atoms with Gasteiger partial charge >= 0.3 is 0 Å². The highest BCUT2D eigenvalue weighted by Gasteiger charge is 2.19. The summed E-state index contributed by atoms with van der Waals surface area (Å²) in [5.41, 5.74) is 2.18. The largest absolute Gasteiger partial charge is 0.310 e. The summed E-state index contributed by atoms with van der Waals surface area (Å²) in [7, 11) is 0. The lowest BCUT2D eigenvalue weighted by Gasteiger charge is -2.26. The highest BCUT2D eigenvalue weighted by Crippen LogP contribution is 2.35. The van der Waals surface area contributed by atoms with E-state index in [1.165, 1.54) is 16.5 Å². The number of thioether (sulfide) groups is 1. The molecular formula is C17H18FNS. The molecule has 1 aliphatic heterocycles. The van der Waals surface area contributed by atoms with Gasteiger partial charge in [0.1, 0.15) is 5.82 Å². The highest BCUT2D eigenvalue weighted by molar-refractivity contribution is 7.99. The molecule has 0 fully saturated rings. The number of benzene rings is 2. The first kappa shape index (κ1) is 13.7. The summed E-state index contributed by atoms with van der Waals surface area (Å²) in [6.07, 6.45) is 1.87. The Morgan fingerprint density at radius 1 is 1.10 bits per heavy atom. The summed E-state index contributed by atoms with van der Waals surface area (Å²) >= 11 is 1.92. The molecule has 1 aliphatic rings. The van der Waals surface area contributed by atoms with E-state index in [2.05, 4.69) is 29.6 Å². The van der Waals surface area contributed by atoms with Crippen molar-refractivity contribution in [2.45, 2.75) is 23.8 Å². The average molecular weight is 287 g/mol. The molecule has 1 nitrogen and oxygen atoms in total. The van der Waals surface area contributed by atoms with Gasteiger partial charge in [0.25, 0.3) is 0 Å². The van der Waals surface area contributed by atoms with Crippen molar-refractivity contribution in [3.05, 3.63) is 65.5 Å². The van der Waals surface area contributed by atoms with E-state index in [-0.39, 0.29) is 5.82 Å². The first-order valence-corrected chi connectivity index (χ1v) is 8.01. The van der Waals surface area contributed by atoms with Gasteiger partial charge in [0.15, 0.2) is 0 Å². The van der Waals surface area contributed by atoms with Crippen molar-refractivity contribution < 1.29 is 4.39 Å². The van der Waals surface area contributed by atoms with E-state index in [0.29, 0.717) is 6.04 Å². The number of nitrogens with one attached hydrogen (secondary N) is 1. The quantitative estimate of drug-likeness (QED) is 0.904. The van der Waals surface area contributed by atoms with Gasteiger partial charge in [0.05, 0.1) is 0 Å². The molecule has 0 aliphatic carbocycles. The molecule has 1 heterocycles. The molecule has 0 radical (unpaired) electrons. The number of rotatable bonds is 4. The van der Waals surface area contributed by atoms with Gasteiger partial charge in [-0.1, -0.05) is 36.4 Å². The van der Waals surface area contributed by atoms with Crippen LogP contribution in [-0.4, -0.2) is 12.3 Å². The van der Waals surface area contributed by atoms with Gasteiger partial charge in [0.2, 0.25) is 0 Å². The van der Waals surface area contributed by atoms with Crippen LogP contribution >= 0.6 is 11.8 Å². The van der Waals surface area contributed by atoms with Gasteiger partial charge in [0, 0.05) is 10.9 Å². The number of fused-ring (bicyclic) bond motifs is 1. The van der Waals surface area contributed by atoms with E-state index in [0.717, 1.165) is 30.7 Å². The second kappa shape index (κ2) is 6.42. The summed E-state index contributed by atoms with van der Waals surface area (Å²) < 4.78 is 13.6. The number of halogens is 1. The fourth-order valence-corrected chi connectivity index (χ4v) is 3.76. The summed E-state index contributed by atoms with van der Waals surface area (Å²) in [6.45, 7) is 0.810. The van der Waals surface area contributed by atoms with Crippen LogP contribution < -0.4 is 5.32 Å². The number of hydrogen-bond donors (Lipinski definition) is 1. The topological polar surface area (TPSA) is 12.0 Å². The fourth-order valence-electron chi connectivity index (χ4n) is 2.64. The Balaban J connectivity index is 1.61. The van der Waals surface area contributed by atoms with Crippen LogP contribution in [0, 0.1) is 5.82 Å². The average Bonchev–Trinajstić information content (AvgIpc) is 2.49. The van der Waals surface area contributed by atoms with Crippen LogP contribution in [0.25, 0.3) is 0 Å². The van der Waals surface area contributed by atoms with Gasteiger partial charge in [-0.25, -0.2) is 4.39 Å². The molecule has 20 heavy (non-hydrogen) atoms. The summed E-state index contributed by atoms with van der Waals surface area (Å²) in [5.74, 6) is 1.04. The summed E-state index contributed by atoms with van der Waals surface area (Å²) in [4.78, 5) is 1.38. The van der Waals surface area contributed by atoms with Crippen molar-refractivity contribution in [1.29, 1.82) is 0 Å². The second-order valence-corrected chi connectivity index (χ2v) is 6.16. The van der Waals surface area contributed by atoms with Crippen molar-refractivity contribution in [1.82, 2.24) is 5.32 Å². The molecule has 3 heteroatoms. The van der Waals surface area contributed by atoms with Crippen LogP contribution in [-0.2, 0) is 6.42 Å². The zero-order chi connectivity index (χ0) is 13.8. The third-order valence-corrected chi connectivity index (χ3v) is 4.82. The fraction of sp³-hybridized carbons (Fsp3) is 0.294. The molecule has 0 amide bonds. The lowest BCUT2D eigenvalue weighted by atomic mass is 10.0. The maximum Gasteiger partial charge on any atom is 0.126 e. The molecule has 104 valence electrons. The molecule has 0 bridgehead atoms. The van der Waals surface area contributed by atoms with Crippen molar-refractivity contribution in [2.75, 3.05) is 12.3 Å². The first-order chi connectivity index (χ1) is 9.84. The van der Waals surface area contributed by atoms with Gasteiger partial charge in [-0.05, 0) is 48.4 Å². The maximum atomic E-state index is 13.6. The highest BCUT2D eigenvalue weighted by atomic mass is 32.2.